The second kappa shape index (κ2) is 5.22. The molecule has 18 heavy (non-hydrogen) atoms. The van der Waals surface area contributed by atoms with Crippen molar-refractivity contribution in [3.05, 3.63) is 47.7 Å². The number of pyridine rings is 1. The third-order valence-electron chi connectivity index (χ3n) is 2.48. The largest absolute Gasteiger partial charge is 0.476 e. The lowest BCUT2D eigenvalue weighted by molar-refractivity contribution is 0.0690. The summed E-state index contributed by atoms with van der Waals surface area (Å²) in [6, 6.07) is 1.93. The van der Waals surface area contributed by atoms with Gasteiger partial charge in [0.05, 0.1) is 12.4 Å². The van der Waals surface area contributed by atoms with Gasteiger partial charge < -0.3 is 10.4 Å². The van der Waals surface area contributed by atoms with Crippen LogP contribution in [0.1, 0.15) is 21.6 Å². The lowest BCUT2D eigenvalue weighted by Gasteiger charge is -2.07. The quantitative estimate of drug-likeness (QED) is 0.847. The van der Waals surface area contributed by atoms with E-state index < -0.39 is 5.97 Å². The Morgan fingerprint density at radius 3 is 2.78 bits per heavy atom. The summed E-state index contributed by atoms with van der Waals surface area (Å²) >= 11 is 0. The molecule has 0 aliphatic carbocycles. The molecule has 2 aromatic heterocycles. The van der Waals surface area contributed by atoms with Crippen LogP contribution in [-0.4, -0.2) is 26.0 Å². The van der Waals surface area contributed by atoms with Crippen molar-refractivity contribution in [3.63, 3.8) is 0 Å². The Kier molecular flexibility index (Phi) is 3.47. The van der Waals surface area contributed by atoms with Crippen LogP contribution in [0.2, 0.25) is 0 Å². The van der Waals surface area contributed by atoms with Gasteiger partial charge in [0.25, 0.3) is 0 Å². The molecule has 0 bridgehead atoms. The summed E-state index contributed by atoms with van der Waals surface area (Å²) in [4.78, 5) is 22.4. The molecule has 92 valence electrons. The molecule has 0 spiro atoms. The summed E-state index contributed by atoms with van der Waals surface area (Å²) in [5.41, 5.74) is 2.12. The lowest BCUT2D eigenvalue weighted by atomic mass is 10.2. The number of aryl methyl sites for hydroxylation is 1. The van der Waals surface area contributed by atoms with E-state index in [1.807, 2.05) is 13.0 Å². The summed E-state index contributed by atoms with van der Waals surface area (Å²) in [5.74, 6) is -0.555. The number of anilines is 1. The van der Waals surface area contributed by atoms with Crippen LogP contribution in [0.25, 0.3) is 0 Å². The number of carbonyl (C=O) groups is 1. The normalized spacial score (nSPS) is 10.1. The molecule has 0 fully saturated rings. The number of aromatic carboxylic acids is 1. The van der Waals surface area contributed by atoms with Crippen LogP contribution < -0.4 is 5.32 Å². The van der Waals surface area contributed by atoms with E-state index >= 15 is 0 Å². The number of aromatic nitrogens is 3. The third-order valence-corrected chi connectivity index (χ3v) is 2.48. The van der Waals surface area contributed by atoms with Crippen LogP contribution in [0.4, 0.5) is 5.82 Å². The monoisotopic (exact) mass is 244 g/mol. The number of hydrogen-bond donors (Lipinski definition) is 2. The highest BCUT2D eigenvalue weighted by molar-refractivity contribution is 5.84. The first kappa shape index (κ1) is 12.0. The average molecular weight is 244 g/mol. The number of carboxylic acids is 1. The van der Waals surface area contributed by atoms with Crippen molar-refractivity contribution in [2.24, 2.45) is 0 Å². The Balaban J connectivity index is 2.02. The fourth-order valence-corrected chi connectivity index (χ4v) is 1.40. The molecule has 0 atom stereocenters. The number of hydrogen-bond acceptors (Lipinski definition) is 5. The highest BCUT2D eigenvalue weighted by Gasteiger charge is 2.04. The minimum absolute atomic E-state index is 0.0712. The molecule has 2 N–H and O–H groups in total. The molecule has 2 heterocycles. The maximum atomic E-state index is 10.6. The standard InChI is InChI=1S/C12H12N4O2/c1-8-2-3-13-4-9(8)5-15-11-7-14-10(6-16-11)12(17)18/h2-4,6-7H,5H2,1H3,(H,15,16)(H,17,18). The van der Waals surface area contributed by atoms with Gasteiger partial charge in [-0.1, -0.05) is 0 Å². The van der Waals surface area contributed by atoms with E-state index in [4.69, 9.17) is 5.11 Å². The van der Waals surface area contributed by atoms with E-state index in [0.717, 1.165) is 11.1 Å². The average Bonchev–Trinajstić information content (AvgIpc) is 2.38. The van der Waals surface area contributed by atoms with E-state index in [1.54, 1.807) is 12.4 Å². The first-order chi connectivity index (χ1) is 8.66. The van der Waals surface area contributed by atoms with Gasteiger partial charge in [-0.05, 0) is 24.1 Å². The molecular weight excluding hydrogens is 232 g/mol. The van der Waals surface area contributed by atoms with Crippen molar-refractivity contribution in [1.82, 2.24) is 15.0 Å². The van der Waals surface area contributed by atoms with Crippen molar-refractivity contribution in [2.75, 3.05) is 5.32 Å². The molecule has 2 aromatic rings. The van der Waals surface area contributed by atoms with Gasteiger partial charge in [0.15, 0.2) is 5.69 Å². The minimum Gasteiger partial charge on any atom is -0.476 e. The number of nitrogens with one attached hydrogen (secondary N) is 1. The van der Waals surface area contributed by atoms with Crippen molar-refractivity contribution in [3.8, 4) is 0 Å². The van der Waals surface area contributed by atoms with Crippen LogP contribution in [0.3, 0.4) is 0 Å². The van der Waals surface area contributed by atoms with Gasteiger partial charge in [0.1, 0.15) is 5.82 Å². The number of rotatable bonds is 4. The summed E-state index contributed by atoms with van der Waals surface area (Å²) in [5, 5.41) is 11.8. The maximum Gasteiger partial charge on any atom is 0.356 e. The highest BCUT2D eigenvalue weighted by atomic mass is 16.4. The van der Waals surface area contributed by atoms with Crippen LogP contribution in [0.5, 0.6) is 0 Å². The van der Waals surface area contributed by atoms with Gasteiger partial charge in [0, 0.05) is 18.9 Å². The summed E-state index contributed by atoms with van der Waals surface area (Å²) in [6.07, 6.45) is 6.14. The van der Waals surface area contributed by atoms with E-state index in [9.17, 15) is 4.79 Å². The summed E-state index contributed by atoms with van der Waals surface area (Å²) in [7, 11) is 0. The van der Waals surface area contributed by atoms with Gasteiger partial charge in [-0.15, -0.1) is 0 Å². The zero-order valence-corrected chi connectivity index (χ0v) is 9.79. The molecule has 0 aliphatic rings. The molecule has 0 aromatic carbocycles. The van der Waals surface area contributed by atoms with Gasteiger partial charge in [-0.2, -0.15) is 0 Å². The van der Waals surface area contributed by atoms with E-state index in [2.05, 4.69) is 20.3 Å². The third kappa shape index (κ3) is 2.79. The SMILES string of the molecule is Cc1ccncc1CNc1cnc(C(=O)O)cn1. The molecule has 0 amide bonds. The molecule has 6 heteroatoms. The Labute approximate surface area is 104 Å². The fourth-order valence-electron chi connectivity index (χ4n) is 1.40. The van der Waals surface area contributed by atoms with Crippen LogP contribution in [-0.2, 0) is 6.54 Å². The minimum atomic E-state index is -1.09. The summed E-state index contributed by atoms with van der Waals surface area (Å²) < 4.78 is 0. The zero-order chi connectivity index (χ0) is 13.0. The van der Waals surface area contributed by atoms with Gasteiger partial charge >= 0.3 is 5.97 Å². The lowest BCUT2D eigenvalue weighted by Crippen LogP contribution is -2.06. The van der Waals surface area contributed by atoms with Gasteiger partial charge in [-0.3, -0.25) is 4.98 Å². The smallest absolute Gasteiger partial charge is 0.356 e. The van der Waals surface area contributed by atoms with Crippen molar-refractivity contribution in [2.45, 2.75) is 13.5 Å². The van der Waals surface area contributed by atoms with Gasteiger partial charge in [0.2, 0.25) is 0 Å². The van der Waals surface area contributed by atoms with Crippen LogP contribution in [0, 0.1) is 6.92 Å². The molecule has 0 saturated carbocycles. The molecule has 0 unspecified atom stereocenters. The van der Waals surface area contributed by atoms with E-state index in [1.165, 1.54) is 12.4 Å². The summed E-state index contributed by atoms with van der Waals surface area (Å²) in [6.45, 7) is 2.57. The first-order valence-electron chi connectivity index (χ1n) is 5.35. The zero-order valence-electron chi connectivity index (χ0n) is 9.79. The highest BCUT2D eigenvalue weighted by Crippen LogP contribution is 2.08. The van der Waals surface area contributed by atoms with Crippen LogP contribution in [0.15, 0.2) is 30.9 Å². The van der Waals surface area contributed by atoms with Crippen molar-refractivity contribution < 1.29 is 9.90 Å². The number of carboxylic acid groups (broad SMARTS) is 1. The van der Waals surface area contributed by atoms with E-state index in [0.29, 0.717) is 12.4 Å². The molecule has 0 aliphatic heterocycles. The molecule has 0 saturated heterocycles. The number of nitrogens with zero attached hydrogens (tertiary/aromatic N) is 3. The van der Waals surface area contributed by atoms with Gasteiger partial charge in [-0.25, -0.2) is 14.8 Å². The molecule has 0 radical (unpaired) electrons. The molecular formula is C12H12N4O2. The fraction of sp³-hybridized carbons (Fsp3) is 0.167. The second-order valence-electron chi connectivity index (χ2n) is 3.75. The van der Waals surface area contributed by atoms with Crippen molar-refractivity contribution in [1.29, 1.82) is 0 Å². The predicted molar refractivity (Wildman–Crippen MR) is 65.3 cm³/mol. The Hall–Kier alpha value is -2.50. The Morgan fingerprint density at radius 2 is 2.17 bits per heavy atom. The van der Waals surface area contributed by atoms with E-state index in [-0.39, 0.29) is 5.69 Å². The molecule has 6 nitrogen and oxygen atoms in total. The maximum absolute atomic E-state index is 10.6. The topological polar surface area (TPSA) is 88.0 Å². The Morgan fingerprint density at radius 1 is 1.33 bits per heavy atom. The predicted octanol–water partition coefficient (Wildman–Crippen LogP) is 1.49. The second-order valence-corrected chi connectivity index (χ2v) is 3.75. The van der Waals surface area contributed by atoms with Crippen molar-refractivity contribution >= 4 is 11.8 Å². The van der Waals surface area contributed by atoms with Crippen LogP contribution >= 0.6 is 0 Å². The first-order valence-corrected chi connectivity index (χ1v) is 5.35. The molecule has 2 rings (SSSR count). The Bertz CT molecular complexity index is 554.